The van der Waals surface area contributed by atoms with Gasteiger partial charge in [0.15, 0.2) is 17.6 Å². The summed E-state index contributed by atoms with van der Waals surface area (Å²) >= 11 is 0. The van der Waals surface area contributed by atoms with Gasteiger partial charge in [-0.25, -0.2) is 14.4 Å². The first-order valence-corrected chi connectivity index (χ1v) is 10.0. The van der Waals surface area contributed by atoms with Crippen molar-refractivity contribution in [2.75, 3.05) is 25.1 Å². The minimum absolute atomic E-state index is 0.00392. The number of hydrogen-bond acceptors (Lipinski definition) is 8. The summed E-state index contributed by atoms with van der Waals surface area (Å²) in [4.78, 5) is 21.4. The lowest BCUT2D eigenvalue weighted by Crippen LogP contribution is -2.59. The number of carbonyl (C=O) groups excluding carboxylic acids is 1. The number of rotatable bonds is 7. The van der Waals surface area contributed by atoms with Gasteiger partial charge in [0.25, 0.3) is 5.91 Å². The van der Waals surface area contributed by atoms with E-state index < -0.39 is 17.7 Å². The third-order valence-corrected chi connectivity index (χ3v) is 5.06. The predicted octanol–water partition coefficient (Wildman–Crippen LogP) is 1.34. The van der Waals surface area contributed by atoms with Crippen molar-refractivity contribution < 1.29 is 19.0 Å². The second-order valence-electron chi connectivity index (χ2n) is 7.97. The number of nitrogens with zero attached hydrogens (tertiary/aromatic N) is 5. The first kappa shape index (κ1) is 21.6. The fraction of sp³-hybridized carbons (Fsp3) is 0.381. The molecule has 4 rings (SSSR count). The molecule has 0 radical (unpaired) electrons. The summed E-state index contributed by atoms with van der Waals surface area (Å²) in [6, 6.07) is 5.37. The van der Waals surface area contributed by atoms with Crippen molar-refractivity contribution in [3.05, 3.63) is 41.9 Å². The first-order valence-electron chi connectivity index (χ1n) is 10.0. The van der Waals surface area contributed by atoms with Crippen molar-refractivity contribution in [3.63, 3.8) is 0 Å². The van der Waals surface area contributed by atoms with E-state index in [9.17, 15) is 14.3 Å². The summed E-state index contributed by atoms with van der Waals surface area (Å²) in [5, 5.41) is 29.7. The van der Waals surface area contributed by atoms with E-state index in [4.69, 9.17) is 10.00 Å². The zero-order valence-corrected chi connectivity index (χ0v) is 17.5. The molecule has 166 valence electrons. The molecule has 1 amide bonds. The van der Waals surface area contributed by atoms with E-state index in [1.165, 1.54) is 17.1 Å². The summed E-state index contributed by atoms with van der Waals surface area (Å²) in [5.41, 5.74) is 0.0843. The minimum Gasteiger partial charge on any atom is -0.382 e. The van der Waals surface area contributed by atoms with Crippen molar-refractivity contribution in [1.82, 2.24) is 25.1 Å². The molecule has 1 aliphatic rings. The van der Waals surface area contributed by atoms with Crippen LogP contribution in [-0.2, 0) is 4.74 Å². The molecular formula is C21H22FN7O3. The predicted molar refractivity (Wildman–Crippen MR) is 113 cm³/mol. The monoisotopic (exact) mass is 439 g/mol. The van der Waals surface area contributed by atoms with Gasteiger partial charge in [-0.2, -0.15) is 15.0 Å². The van der Waals surface area contributed by atoms with E-state index in [2.05, 4.69) is 25.7 Å². The topological polar surface area (TPSA) is 138 Å². The molecule has 10 nitrogen and oxygen atoms in total. The van der Waals surface area contributed by atoms with Crippen LogP contribution in [0.2, 0.25) is 0 Å². The van der Waals surface area contributed by atoms with Crippen molar-refractivity contribution in [3.8, 4) is 11.9 Å². The Morgan fingerprint density at radius 3 is 2.78 bits per heavy atom. The van der Waals surface area contributed by atoms with Gasteiger partial charge in [0, 0.05) is 29.9 Å². The van der Waals surface area contributed by atoms with Crippen LogP contribution in [-0.4, -0.2) is 68.3 Å². The number of amides is 1. The van der Waals surface area contributed by atoms with Crippen molar-refractivity contribution in [2.45, 2.75) is 31.7 Å². The third-order valence-electron chi connectivity index (χ3n) is 5.06. The molecule has 11 heteroatoms. The number of anilines is 1. The SMILES string of the molecule is CC(C)Nc1cc(-n2ncc3cc(C#N)cnc32)ncc1C(=O)NCC(F)C1(O)COC1. The number of fused-ring (bicyclic) bond motifs is 1. The Kier molecular flexibility index (Phi) is 5.73. The zero-order valence-electron chi connectivity index (χ0n) is 17.5. The van der Waals surface area contributed by atoms with Crippen LogP contribution in [0.4, 0.5) is 10.1 Å². The molecule has 3 aromatic rings. The van der Waals surface area contributed by atoms with Crippen LogP contribution in [0.3, 0.4) is 0 Å². The summed E-state index contributed by atoms with van der Waals surface area (Å²) < 4.78 is 20.6. The molecule has 0 aliphatic carbocycles. The summed E-state index contributed by atoms with van der Waals surface area (Å²) in [6.45, 7) is 3.29. The maximum Gasteiger partial charge on any atom is 0.255 e. The van der Waals surface area contributed by atoms with Crippen LogP contribution in [0.15, 0.2) is 30.7 Å². The number of halogens is 1. The van der Waals surface area contributed by atoms with Crippen LogP contribution in [0.25, 0.3) is 16.9 Å². The van der Waals surface area contributed by atoms with Gasteiger partial charge in [0.2, 0.25) is 0 Å². The average Bonchev–Trinajstić information content (AvgIpc) is 3.18. The smallest absolute Gasteiger partial charge is 0.255 e. The summed E-state index contributed by atoms with van der Waals surface area (Å²) in [5.74, 6) is -0.109. The number of aliphatic hydroxyl groups is 1. The molecule has 32 heavy (non-hydrogen) atoms. The Labute approximate surface area is 183 Å². The molecule has 0 spiro atoms. The maximum atomic E-state index is 14.3. The molecular weight excluding hydrogens is 417 g/mol. The fourth-order valence-corrected chi connectivity index (χ4v) is 3.28. The number of alkyl halides is 1. The Morgan fingerprint density at radius 2 is 2.12 bits per heavy atom. The van der Waals surface area contributed by atoms with E-state index in [0.717, 1.165) is 0 Å². The fourth-order valence-electron chi connectivity index (χ4n) is 3.28. The normalized spacial score (nSPS) is 15.8. The Bertz CT molecular complexity index is 1200. The van der Waals surface area contributed by atoms with Crippen LogP contribution in [0.5, 0.6) is 0 Å². The van der Waals surface area contributed by atoms with Crippen LogP contribution in [0, 0.1) is 11.3 Å². The lowest BCUT2D eigenvalue weighted by Gasteiger charge is -2.38. The third kappa shape index (κ3) is 4.10. The van der Waals surface area contributed by atoms with E-state index in [1.54, 1.807) is 18.3 Å². The molecule has 0 aromatic carbocycles. The van der Waals surface area contributed by atoms with Crippen LogP contribution in [0.1, 0.15) is 29.8 Å². The number of ether oxygens (including phenoxy) is 1. The standard InChI is InChI=1S/C21H22FN7O3/c1-12(2)28-16-4-18(29-19-14(7-27-29)3-13(5-23)6-25-19)24-8-15(16)20(30)26-9-17(22)21(31)10-32-11-21/h3-4,6-8,12,17,31H,9-11H2,1-2H3,(H,24,28)(H,26,30). The number of nitrogens with one attached hydrogen (secondary N) is 2. The Hall–Kier alpha value is -3.62. The molecule has 1 saturated heterocycles. The lowest BCUT2D eigenvalue weighted by molar-refractivity contribution is -0.208. The quantitative estimate of drug-likeness (QED) is 0.501. The molecule has 1 aliphatic heterocycles. The van der Waals surface area contributed by atoms with E-state index in [0.29, 0.717) is 28.1 Å². The largest absolute Gasteiger partial charge is 0.382 e. The van der Waals surface area contributed by atoms with Crippen molar-refractivity contribution in [2.24, 2.45) is 0 Å². The second-order valence-corrected chi connectivity index (χ2v) is 7.97. The highest BCUT2D eigenvalue weighted by Crippen LogP contribution is 2.24. The number of pyridine rings is 2. The highest BCUT2D eigenvalue weighted by molar-refractivity contribution is 5.99. The van der Waals surface area contributed by atoms with Gasteiger partial charge in [-0.05, 0) is 19.9 Å². The van der Waals surface area contributed by atoms with Gasteiger partial charge < -0.3 is 20.5 Å². The van der Waals surface area contributed by atoms with Gasteiger partial charge in [-0.15, -0.1) is 0 Å². The van der Waals surface area contributed by atoms with E-state index in [1.807, 2.05) is 19.9 Å². The minimum atomic E-state index is -1.64. The lowest BCUT2D eigenvalue weighted by atomic mass is 9.96. The molecule has 3 aromatic heterocycles. The Morgan fingerprint density at radius 1 is 1.34 bits per heavy atom. The van der Waals surface area contributed by atoms with Gasteiger partial charge in [0.05, 0.1) is 42.8 Å². The molecule has 0 saturated carbocycles. The van der Waals surface area contributed by atoms with E-state index >= 15 is 0 Å². The van der Waals surface area contributed by atoms with Gasteiger partial charge >= 0.3 is 0 Å². The molecule has 4 heterocycles. The molecule has 1 unspecified atom stereocenters. The Balaban J connectivity index is 1.60. The van der Waals surface area contributed by atoms with Crippen LogP contribution < -0.4 is 10.6 Å². The highest BCUT2D eigenvalue weighted by atomic mass is 19.1. The number of hydrogen-bond donors (Lipinski definition) is 3. The number of aromatic nitrogens is 4. The highest BCUT2D eigenvalue weighted by Gasteiger charge is 2.44. The molecule has 0 bridgehead atoms. The maximum absolute atomic E-state index is 14.3. The average molecular weight is 439 g/mol. The van der Waals surface area contributed by atoms with Gasteiger partial charge in [0.1, 0.15) is 11.7 Å². The first-order chi connectivity index (χ1) is 15.3. The molecule has 1 fully saturated rings. The molecule has 1 atom stereocenters. The summed E-state index contributed by atoms with van der Waals surface area (Å²) in [6.07, 6.45) is 2.76. The van der Waals surface area contributed by atoms with Crippen molar-refractivity contribution >= 4 is 22.6 Å². The van der Waals surface area contributed by atoms with Gasteiger partial charge in [-0.3, -0.25) is 4.79 Å². The second kappa shape index (κ2) is 8.49. The van der Waals surface area contributed by atoms with Gasteiger partial charge in [-0.1, -0.05) is 0 Å². The zero-order chi connectivity index (χ0) is 22.9. The number of nitriles is 1. The summed E-state index contributed by atoms with van der Waals surface area (Å²) in [7, 11) is 0. The van der Waals surface area contributed by atoms with Crippen molar-refractivity contribution in [1.29, 1.82) is 5.26 Å². The van der Waals surface area contributed by atoms with E-state index in [-0.39, 0.29) is 31.4 Å². The van der Waals surface area contributed by atoms with Crippen LogP contribution >= 0.6 is 0 Å². The molecule has 3 N–H and O–H groups in total. The number of carbonyl (C=O) groups is 1.